The topological polar surface area (TPSA) is 90.1 Å². The van der Waals surface area contributed by atoms with Crippen LogP contribution < -0.4 is 10.2 Å². The zero-order chi connectivity index (χ0) is 17.1. The molecular weight excluding hydrogens is 312 g/mol. The molecule has 24 heavy (non-hydrogen) atoms. The highest BCUT2D eigenvalue weighted by Gasteiger charge is 2.42. The first-order chi connectivity index (χ1) is 11.7. The van der Waals surface area contributed by atoms with Crippen LogP contribution in [-0.4, -0.2) is 37.7 Å². The Morgan fingerprint density at radius 1 is 1.17 bits per heavy atom. The van der Waals surface area contributed by atoms with Gasteiger partial charge in [-0.15, -0.1) is 0 Å². The third kappa shape index (κ3) is 2.76. The van der Waals surface area contributed by atoms with E-state index in [0.717, 1.165) is 5.56 Å². The van der Waals surface area contributed by atoms with E-state index >= 15 is 0 Å². The van der Waals surface area contributed by atoms with Gasteiger partial charge in [-0.3, -0.25) is 10.2 Å². The summed E-state index contributed by atoms with van der Waals surface area (Å²) in [5.74, 6) is -0.579. The second kappa shape index (κ2) is 6.57. The fourth-order valence-corrected chi connectivity index (χ4v) is 2.66. The molecule has 0 saturated heterocycles. The zero-order valence-electron chi connectivity index (χ0n) is 13.2. The third-order valence-corrected chi connectivity index (χ3v) is 3.87. The first-order valence-corrected chi connectivity index (χ1v) is 7.28. The number of Topliss-reactive ketones (excluding diaryl/α,β-unsaturated/α-hetero) is 1. The van der Waals surface area contributed by atoms with Crippen molar-refractivity contribution in [3.8, 4) is 5.75 Å². The summed E-state index contributed by atoms with van der Waals surface area (Å²) in [5.41, 5.74) is 3.62. The lowest BCUT2D eigenvalue weighted by atomic mass is 9.85. The van der Waals surface area contributed by atoms with Gasteiger partial charge in [0.05, 0.1) is 26.4 Å². The predicted molar refractivity (Wildman–Crippen MR) is 85.1 cm³/mol. The van der Waals surface area contributed by atoms with E-state index < -0.39 is 17.9 Å². The molecule has 3 rings (SSSR count). The number of carbonyl (C=O) groups is 2. The Bertz CT molecular complexity index is 765. The fraction of sp³-hybridized carbons (Fsp3) is 0.235. The number of hydrazone groups is 1. The number of benzene rings is 1. The molecule has 1 aliphatic rings. The zero-order valence-corrected chi connectivity index (χ0v) is 13.2. The van der Waals surface area contributed by atoms with Crippen LogP contribution in [0.4, 0.5) is 0 Å². The van der Waals surface area contributed by atoms with Crippen LogP contribution in [0.2, 0.25) is 0 Å². The van der Waals surface area contributed by atoms with Gasteiger partial charge in [0.1, 0.15) is 11.8 Å². The molecule has 0 fully saturated rings. The summed E-state index contributed by atoms with van der Waals surface area (Å²) in [4.78, 5) is 24.7. The van der Waals surface area contributed by atoms with Crippen molar-refractivity contribution in [2.75, 3.05) is 14.2 Å². The van der Waals surface area contributed by atoms with E-state index in [1.165, 1.54) is 13.4 Å². The maximum absolute atomic E-state index is 12.7. The molecule has 0 unspecified atom stereocenters. The van der Waals surface area contributed by atoms with Crippen LogP contribution in [-0.2, 0) is 9.53 Å². The minimum absolute atomic E-state index is 0.146. The number of ketones is 1. The Morgan fingerprint density at radius 2 is 1.92 bits per heavy atom. The highest BCUT2D eigenvalue weighted by Crippen LogP contribution is 2.30. The van der Waals surface area contributed by atoms with E-state index in [1.807, 2.05) is 0 Å². The van der Waals surface area contributed by atoms with Gasteiger partial charge in [-0.25, -0.2) is 4.79 Å². The van der Waals surface area contributed by atoms with Crippen molar-refractivity contribution in [1.82, 2.24) is 5.43 Å². The summed E-state index contributed by atoms with van der Waals surface area (Å²) < 4.78 is 15.1. The highest BCUT2D eigenvalue weighted by atomic mass is 16.5. The number of ether oxygens (including phenoxy) is 2. The molecular formula is C17H16N2O5. The second-order valence-corrected chi connectivity index (χ2v) is 5.19. The predicted octanol–water partition coefficient (Wildman–Crippen LogP) is 1.76. The van der Waals surface area contributed by atoms with Crippen molar-refractivity contribution in [2.45, 2.75) is 12.0 Å². The number of hydrogen-bond donors (Lipinski definition) is 1. The van der Waals surface area contributed by atoms with Crippen LogP contribution in [0.25, 0.3) is 0 Å². The van der Waals surface area contributed by atoms with Gasteiger partial charge in [0, 0.05) is 0 Å². The van der Waals surface area contributed by atoms with Gasteiger partial charge in [0.2, 0.25) is 5.78 Å². The molecule has 2 aromatic rings. The molecule has 0 bridgehead atoms. The monoisotopic (exact) mass is 328 g/mol. The van der Waals surface area contributed by atoms with Crippen molar-refractivity contribution in [3.05, 3.63) is 54.0 Å². The van der Waals surface area contributed by atoms with Crippen LogP contribution in [0.15, 0.2) is 52.2 Å². The fourth-order valence-electron chi connectivity index (χ4n) is 2.66. The summed E-state index contributed by atoms with van der Waals surface area (Å²) in [6.45, 7) is 0. The Morgan fingerprint density at radius 3 is 2.50 bits per heavy atom. The van der Waals surface area contributed by atoms with E-state index in [0.29, 0.717) is 5.75 Å². The van der Waals surface area contributed by atoms with Gasteiger partial charge >= 0.3 is 5.97 Å². The van der Waals surface area contributed by atoms with Crippen molar-refractivity contribution in [2.24, 2.45) is 5.10 Å². The standard InChI is InChI=1S/C17H16N2O5/c1-22-11-7-5-10(6-8-11)13-14(16(20)12-4-3-9-24-12)18-19-15(13)17(21)23-2/h3-9,13-14,18H,1-2H3/t13-,14+/m1/s1. The minimum atomic E-state index is -0.751. The Balaban J connectivity index is 1.97. The lowest BCUT2D eigenvalue weighted by molar-refractivity contribution is -0.132. The number of esters is 1. The highest BCUT2D eigenvalue weighted by molar-refractivity contribution is 6.40. The molecule has 2 atom stereocenters. The van der Waals surface area contributed by atoms with Gasteiger partial charge in [0.25, 0.3) is 0 Å². The van der Waals surface area contributed by atoms with Crippen LogP contribution in [0.3, 0.4) is 0 Å². The molecule has 2 heterocycles. The molecule has 1 aliphatic heterocycles. The van der Waals surface area contributed by atoms with E-state index in [4.69, 9.17) is 13.9 Å². The van der Waals surface area contributed by atoms with E-state index in [1.54, 1.807) is 43.5 Å². The maximum atomic E-state index is 12.7. The quantitative estimate of drug-likeness (QED) is 0.664. The average molecular weight is 328 g/mol. The Kier molecular flexibility index (Phi) is 4.33. The van der Waals surface area contributed by atoms with Gasteiger partial charge in [0.15, 0.2) is 11.5 Å². The van der Waals surface area contributed by atoms with Gasteiger partial charge < -0.3 is 13.9 Å². The average Bonchev–Trinajstić information content (AvgIpc) is 3.30. The van der Waals surface area contributed by atoms with Crippen molar-refractivity contribution in [3.63, 3.8) is 0 Å². The van der Waals surface area contributed by atoms with Crippen molar-refractivity contribution < 1.29 is 23.5 Å². The molecule has 0 spiro atoms. The molecule has 1 aromatic carbocycles. The summed E-state index contributed by atoms with van der Waals surface area (Å²) in [5, 5.41) is 4.02. The smallest absolute Gasteiger partial charge is 0.354 e. The molecule has 1 N–H and O–H groups in total. The van der Waals surface area contributed by atoms with Gasteiger partial charge in [-0.2, -0.15) is 5.10 Å². The van der Waals surface area contributed by atoms with Gasteiger partial charge in [-0.05, 0) is 29.8 Å². The number of nitrogens with one attached hydrogen (secondary N) is 1. The number of hydrogen-bond acceptors (Lipinski definition) is 7. The summed E-state index contributed by atoms with van der Waals surface area (Å²) >= 11 is 0. The molecule has 0 aliphatic carbocycles. The molecule has 124 valence electrons. The number of carbonyl (C=O) groups excluding carboxylic acids is 2. The molecule has 1 aromatic heterocycles. The SMILES string of the molecule is COC(=O)C1=NN[C@H](C(=O)c2ccco2)[C@H]1c1ccc(OC)cc1. The first kappa shape index (κ1) is 15.8. The summed E-state index contributed by atoms with van der Waals surface area (Å²) in [6.07, 6.45) is 1.42. The molecule has 7 heteroatoms. The molecule has 0 saturated carbocycles. The number of rotatable bonds is 5. The molecule has 7 nitrogen and oxygen atoms in total. The third-order valence-electron chi connectivity index (χ3n) is 3.87. The normalized spacial score (nSPS) is 19.3. The largest absolute Gasteiger partial charge is 0.497 e. The van der Waals surface area contributed by atoms with Crippen LogP contribution in [0.1, 0.15) is 22.0 Å². The maximum Gasteiger partial charge on any atom is 0.354 e. The minimum Gasteiger partial charge on any atom is -0.497 e. The number of methoxy groups -OCH3 is 2. The number of nitrogens with zero attached hydrogens (tertiary/aromatic N) is 1. The lowest BCUT2D eigenvalue weighted by Gasteiger charge is -2.18. The van der Waals surface area contributed by atoms with Crippen molar-refractivity contribution in [1.29, 1.82) is 0 Å². The number of furan rings is 1. The van der Waals surface area contributed by atoms with Gasteiger partial charge in [-0.1, -0.05) is 12.1 Å². The lowest BCUT2D eigenvalue weighted by Crippen LogP contribution is -2.37. The van der Waals surface area contributed by atoms with E-state index in [2.05, 4.69) is 10.5 Å². The first-order valence-electron chi connectivity index (χ1n) is 7.28. The summed E-state index contributed by atoms with van der Waals surface area (Å²) in [6, 6.07) is 9.55. The Labute approximate surface area is 138 Å². The van der Waals surface area contributed by atoms with E-state index in [9.17, 15) is 9.59 Å². The van der Waals surface area contributed by atoms with Crippen LogP contribution in [0, 0.1) is 0 Å². The molecule has 0 radical (unpaired) electrons. The summed E-state index contributed by atoms with van der Waals surface area (Å²) in [7, 11) is 2.84. The second-order valence-electron chi connectivity index (χ2n) is 5.19. The van der Waals surface area contributed by atoms with Crippen molar-refractivity contribution >= 4 is 17.5 Å². The van der Waals surface area contributed by atoms with Crippen LogP contribution in [0.5, 0.6) is 5.75 Å². The molecule has 0 amide bonds. The Hall–Kier alpha value is -3.09. The van der Waals surface area contributed by atoms with Crippen LogP contribution >= 0.6 is 0 Å². The van der Waals surface area contributed by atoms with E-state index in [-0.39, 0.29) is 17.3 Å².